The van der Waals surface area contributed by atoms with Gasteiger partial charge in [0.2, 0.25) is 5.91 Å². The van der Waals surface area contributed by atoms with Crippen LogP contribution in [0.15, 0.2) is 65.8 Å². The Kier molecular flexibility index (Phi) is 8.60. The van der Waals surface area contributed by atoms with E-state index in [-0.39, 0.29) is 28.0 Å². The van der Waals surface area contributed by atoms with Gasteiger partial charge in [-0.05, 0) is 56.2 Å². The Labute approximate surface area is 276 Å². The zero-order chi connectivity index (χ0) is 32.7. The number of aromatic carboxylic acids is 1. The Morgan fingerprint density at radius 2 is 1.83 bits per heavy atom. The Morgan fingerprint density at radius 3 is 2.52 bits per heavy atom. The monoisotopic (exact) mass is 676 g/mol. The highest BCUT2D eigenvalue weighted by molar-refractivity contribution is 7.14. The highest BCUT2D eigenvalue weighted by Crippen LogP contribution is 2.41. The number of thiophene rings is 1. The first-order valence-corrected chi connectivity index (χ1v) is 15.9. The van der Waals surface area contributed by atoms with E-state index in [0.29, 0.717) is 62.9 Å². The molecule has 46 heavy (non-hydrogen) atoms. The smallest absolute Gasteiger partial charge is 0.335 e. The van der Waals surface area contributed by atoms with Gasteiger partial charge in [0.05, 0.1) is 40.4 Å². The third-order valence-electron chi connectivity index (χ3n) is 7.89. The van der Waals surface area contributed by atoms with Gasteiger partial charge >= 0.3 is 5.97 Å². The predicted molar refractivity (Wildman–Crippen MR) is 175 cm³/mol. The van der Waals surface area contributed by atoms with Crippen molar-refractivity contribution < 1.29 is 19.5 Å². The largest absolute Gasteiger partial charge is 0.478 e. The van der Waals surface area contributed by atoms with Gasteiger partial charge in [0.25, 0.3) is 5.56 Å². The molecular weight excluding hydrogens is 651 g/mol. The van der Waals surface area contributed by atoms with Crippen molar-refractivity contribution >= 4 is 57.9 Å². The number of ketones is 1. The number of aromatic nitrogens is 5. The van der Waals surface area contributed by atoms with Crippen LogP contribution < -0.4 is 10.9 Å². The number of anilines is 1. The molecule has 1 aliphatic rings. The number of benzene rings is 2. The molecule has 234 valence electrons. The van der Waals surface area contributed by atoms with E-state index in [0.717, 1.165) is 4.88 Å². The van der Waals surface area contributed by atoms with Crippen LogP contribution in [0.2, 0.25) is 10.2 Å². The van der Waals surface area contributed by atoms with Crippen molar-refractivity contribution in [3.05, 3.63) is 96.9 Å². The van der Waals surface area contributed by atoms with Crippen molar-refractivity contribution in [2.45, 2.75) is 39.2 Å². The molecule has 5 aromatic rings. The second-order valence-electron chi connectivity index (χ2n) is 11.0. The lowest BCUT2D eigenvalue weighted by atomic mass is 9.95. The van der Waals surface area contributed by atoms with Crippen LogP contribution in [0.1, 0.15) is 64.1 Å². The van der Waals surface area contributed by atoms with E-state index in [4.69, 9.17) is 23.2 Å². The van der Waals surface area contributed by atoms with Crippen LogP contribution in [-0.2, 0) is 4.79 Å². The summed E-state index contributed by atoms with van der Waals surface area (Å²) in [6.45, 7) is 3.25. The standard InChI is InChI=1S/C32H26Cl2N6O5S/c1-16-4-3-5-26(27-12-21(30(46-27)17(2)41)20-8-6-18(32(44)45)10-24(20)36-31(16)43)39-15-35-23(13-29(39)42)22-11-19(33)7-9-25(22)40-14-28(34)37-38-40/h6-16,26H,3-5H2,1-2H3,(H,36,43)(H,44,45)/t16-,26+/m1/s1. The van der Waals surface area contributed by atoms with Gasteiger partial charge in [-0.3, -0.25) is 19.0 Å². The van der Waals surface area contributed by atoms with Gasteiger partial charge in [0.15, 0.2) is 10.9 Å². The average molecular weight is 678 g/mol. The van der Waals surface area contributed by atoms with Gasteiger partial charge in [-0.2, -0.15) is 0 Å². The number of hydrogen-bond donors (Lipinski definition) is 2. The zero-order valence-corrected chi connectivity index (χ0v) is 26.9. The number of carbonyl (C=O) groups excluding carboxylic acids is 2. The molecule has 2 atom stereocenters. The molecule has 2 N–H and O–H groups in total. The summed E-state index contributed by atoms with van der Waals surface area (Å²) < 4.78 is 3.00. The molecule has 0 fully saturated rings. The van der Waals surface area contributed by atoms with Crippen LogP contribution in [0.4, 0.5) is 5.69 Å². The van der Waals surface area contributed by atoms with Crippen molar-refractivity contribution in [1.29, 1.82) is 0 Å². The maximum atomic E-state index is 13.8. The molecule has 0 unspecified atom stereocenters. The number of halogens is 2. The molecular formula is C32H26Cl2N6O5S. The summed E-state index contributed by atoms with van der Waals surface area (Å²) in [5.74, 6) is -2.00. The van der Waals surface area contributed by atoms with Gasteiger partial charge in [-0.15, -0.1) is 16.4 Å². The quantitative estimate of drug-likeness (QED) is 0.194. The Hall–Kier alpha value is -4.65. The molecule has 0 aliphatic carbocycles. The molecule has 0 saturated carbocycles. The van der Waals surface area contributed by atoms with Crippen molar-refractivity contribution in [1.82, 2.24) is 24.5 Å². The van der Waals surface area contributed by atoms with Crippen molar-refractivity contribution in [2.75, 3.05) is 5.32 Å². The highest BCUT2D eigenvalue weighted by atomic mass is 35.5. The number of fused-ring (bicyclic) bond motifs is 4. The lowest BCUT2D eigenvalue weighted by Gasteiger charge is -2.21. The van der Waals surface area contributed by atoms with Gasteiger partial charge in [-0.1, -0.05) is 47.8 Å². The molecule has 4 heterocycles. The minimum absolute atomic E-state index is 0.00370. The molecule has 11 nitrogen and oxygen atoms in total. The zero-order valence-electron chi connectivity index (χ0n) is 24.5. The minimum Gasteiger partial charge on any atom is -0.478 e. The number of amides is 1. The first kappa shape index (κ1) is 31.3. The first-order valence-electron chi connectivity index (χ1n) is 14.3. The fourth-order valence-electron chi connectivity index (χ4n) is 5.54. The minimum atomic E-state index is -1.14. The van der Waals surface area contributed by atoms with Gasteiger partial charge in [-0.25, -0.2) is 14.5 Å². The van der Waals surface area contributed by atoms with Gasteiger partial charge in [0.1, 0.15) is 0 Å². The van der Waals surface area contributed by atoms with E-state index in [1.54, 1.807) is 31.2 Å². The van der Waals surface area contributed by atoms with E-state index in [2.05, 4.69) is 20.6 Å². The summed E-state index contributed by atoms with van der Waals surface area (Å²) >= 11 is 13.6. The number of rotatable bonds is 5. The third kappa shape index (κ3) is 6.11. The number of carbonyl (C=O) groups is 3. The second-order valence-corrected chi connectivity index (χ2v) is 12.9. The summed E-state index contributed by atoms with van der Waals surface area (Å²) in [6, 6.07) is 12.3. The van der Waals surface area contributed by atoms with E-state index >= 15 is 0 Å². The summed E-state index contributed by atoms with van der Waals surface area (Å²) in [6.07, 6.45) is 4.61. The lowest BCUT2D eigenvalue weighted by molar-refractivity contribution is -0.119. The van der Waals surface area contributed by atoms with Crippen molar-refractivity contribution in [3.63, 3.8) is 0 Å². The molecule has 3 aromatic heterocycles. The van der Waals surface area contributed by atoms with E-state index < -0.39 is 17.9 Å². The first-order chi connectivity index (χ1) is 22.0. The number of nitrogens with one attached hydrogen (secondary N) is 1. The molecule has 0 radical (unpaired) electrons. The fraction of sp³-hybridized carbons (Fsp3) is 0.219. The number of carboxylic acids is 1. The molecule has 6 rings (SSSR count). The molecule has 0 spiro atoms. The third-order valence-corrected chi connectivity index (χ3v) is 9.64. The second kappa shape index (κ2) is 12.6. The molecule has 2 aromatic carbocycles. The maximum Gasteiger partial charge on any atom is 0.335 e. The van der Waals surface area contributed by atoms with Crippen LogP contribution in [0, 0.1) is 5.92 Å². The Balaban J connectivity index is 1.48. The number of carboxylic acid groups (broad SMARTS) is 1. The van der Waals surface area contributed by atoms with Crippen molar-refractivity contribution in [2.24, 2.45) is 5.92 Å². The maximum absolute atomic E-state index is 13.8. The van der Waals surface area contributed by atoms with Gasteiger partial charge < -0.3 is 10.4 Å². The molecule has 14 heteroatoms. The molecule has 0 saturated heterocycles. The molecule has 1 amide bonds. The van der Waals surface area contributed by atoms with Crippen LogP contribution in [-0.4, -0.2) is 47.3 Å². The summed E-state index contributed by atoms with van der Waals surface area (Å²) in [5, 5.41) is 21.0. The number of hydrogen-bond acceptors (Lipinski definition) is 8. The SMILES string of the molecule is CC(=O)c1sc2cc1-c1ccc(C(=O)O)cc1NC(=O)[C@H](C)CCC[C@@H]2n1cnc(-c2cc(Cl)ccc2-n2cc(Cl)nn2)cc1=O. The normalized spacial score (nSPS) is 16.6. The number of nitrogens with zero attached hydrogens (tertiary/aromatic N) is 5. The molecule has 2 bridgehead atoms. The fourth-order valence-corrected chi connectivity index (χ4v) is 7.04. The molecule has 1 aliphatic heterocycles. The lowest BCUT2D eigenvalue weighted by Crippen LogP contribution is -2.26. The van der Waals surface area contributed by atoms with Crippen LogP contribution in [0.5, 0.6) is 0 Å². The van der Waals surface area contributed by atoms with Crippen LogP contribution in [0.3, 0.4) is 0 Å². The van der Waals surface area contributed by atoms with E-state index in [1.165, 1.54) is 58.2 Å². The Bertz CT molecular complexity index is 2090. The Morgan fingerprint density at radius 1 is 1.02 bits per heavy atom. The summed E-state index contributed by atoms with van der Waals surface area (Å²) in [4.78, 5) is 57.5. The van der Waals surface area contributed by atoms with E-state index in [1.807, 2.05) is 6.07 Å². The number of Topliss-reactive ketones (excluding diaryl/α,β-unsaturated/α-hetero) is 1. The summed E-state index contributed by atoms with van der Waals surface area (Å²) in [7, 11) is 0. The topological polar surface area (TPSA) is 149 Å². The van der Waals surface area contributed by atoms with Crippen molar-refractivity contribution in [3.8, 4) is 28.1 Å². The van der Waals surface area contributed by atoms with E-state index in [9.17, 15) is 24.3 Å². The predicted octanol–water partition coefficient (Wildman–Crippen LogP) is 6.78. The van der Waals surface area contributed by atoms with Crippen LogP contribution in [0.25, 0.3) is 28.1 Å². The average Bonchev–Trinajstić information content (AvgIpc) is 3.66. The highest BCUT2D eigenvalue weighted by Gasteiger charge is 2.27. The van der Waals surface area contributed by atoms with Gasteiger partial charge in [0, 0.05) is 44.3 Å². The summed E-state index contributed by atoms with van der Waals surface area (Å²) in [5.41, 5.74) is 2.52. The van der Waals surface area contributed by atoms with Crippen LogP contribution >= 0.6 is 34.5 Å².